The summed E-state index contributed by atoms with van der Waals surface area (Å²) in [6.45, 7) is 3.63. The largest absolute Gasteiger partial charge is 0.343 e. The highest BCUT2D eigenvalue weighted by molar-refractivity contribution is 6.00. The number of anilines is 1. The molecule has 5 heteroatoms. The van der Waals surface area contributed by atoms with Crippen LogP contribution >= 0.6 is 0 Å². The van der Waals surface area contributed by atoms with Gasteiger partial charge < -0.3 is 15.5 Å². The average Bonchev–Trinajstić information content (AvgIpc) is 3.05. The molecule has 1 aromatic carbocycles. The Balaban J connectivity index is 1.67. The van der Waals surface area contributed by atoms with Crippen LogP contribution in [0.5, 0.6) is 0 Å². The second-order valence-corrected chi connectivity index (χ2v) is 6.18. The van der Waals surface area contributed by atoms with Gasteiger partial charge in [-0.05, 0) is 51.3 Å². The predicted octanol–water partition coefficient (Wildman–Crippen LogP) is 1.36. The van der Waals surface area contributed by atoms with Crippen LogP contribution in [-0.2, 0) is 9.59 Å². The average molecular weight is 301 g/mol. The third-order valence-electron chi connectivity index (χ3n) is 4.48. The summed E-state index contributed by atoms with van der Waals surface area (Å²) in [6, 6.07) is 7.42. The van der Waals surface area contributed by atoms with Crippen molar-refractivity contribution < 1.29 is 9.59 Å². The van der Waals surface area contributed by atoms with Gasteiger partial charge in [0.05, 0.1) is 6.04 Å². The van der Waals surface area contributed by atoms with E-state index in [1.54, 1.807) is 4.90 Å². The maximum atomic E-state index is 12.7. The molecule has 118 valence electrons. The van der Waals surface area contributed by atoms with E-state index in [1.807, 2.05) is 31.2 Å². The standard InChI is InChI=1S/C17H23N3O2/c1-12-6-8-13(9-7-12)20-11-3-5-15(17(20)22)19-16(21)14-4-2-10-18-14/h6-9,14-15,18H,2-5,10-11H2,1H3,(H,19,21). The first-order valence-corrected chi connectivity index (χ1v) is 8.07. The van der Waals surface area contributed by atoms with Gasteiger partial charge in [-0.2, -0.15) is 0 Å². The SMILES string of the molecule is Cc1ccc(N2CCCC(NC(=O)C3CCCN3)C2=O)cc1. The fourth-order valence-electron chi connectivity index (χ4n) is 3.17. The van der Waals surface area contributed by atoms with Crippen LogP contribution in [0.25, 0.3) is 0 Å². The molecule has 22 heavy (non-hydrogen) atoms. The normalized spacial score (nSPS) is 25.3. The van der Waals surface area contributed by atoms with Crippen LogP contribution in [0, 0.1) is 6.92 Å². The number of nitrogens with one attached hydrogen (secondary N) is 2. The van der Waals surface area contributed by atoms with E-state index in [4.69, 9.17) is 0 Å². The zero-order chi connectivity index (χ0) is 15.5. The molecule has 2 amide bonds. The number of benzene rings is 1. The Kier molecular flexibility index (Phi) is 4.43. The summed E-state index contributed by atoms with van der Waals surface area (Å²) in [7, 11) is 0. The van der Waals surface area contributed by atoms with Crippen LogP contribution < -0.4 is 15.5 Å². The number of nitrogens with zero attached hydrogens (tertiary/aromatic N) is 1. The monoisotopic (exact) mass is 301 g/mol. The van der Waals surface area contributed by atoms with Crippen molar-refractivity contribution in [2.24, 2.45) is 0 Å². The lowest BCUT2D eigenvalue weighted by atomic mass is 10.0. The minimum absolute atomic E-state index is 0.00134. The highest BCUT2D eigenvalue weighted by Crippen LogP contribution is 2.21. The van der Waals surface area contributed by atoms with E-state index in [0.29, 0.717) is 0 Å². The molecule has 3 rings (SSSR count). The molecule has 5 nitrogen and oxygen atoms in total. The van der Waals surface area contributed by atoms with E-state index in [2.05, 4.69) is 10.6 Å². The molecule has 0 radical (unpaired) electrons. The molecule has 0 aromatic heterocycles. The lowest BCUT2D eigenvalue weighted by molar-refractivity contribution is -0.129. The molecule has 2 atom stereocenters. The highest BCUT2D eigenvalue weighted by atomic mass is 16.2. The highest BCUT2D eigenvalue weighted by Gasteiger charge is 2.32. The Bertz CT molecular complexity index is 550. The summed E-state index contributed by atoms with van der Waals surface area (Å²) in [5.41, 5.74) is 2.08. The van der Waals surface area contributed by atoms with E-state index < -0.39 is 6.04 Å². The number of carbonyl (C=O) groups excluding carboxylic acids is 2. The molecule has 1 aromatic rings. The van der Waals surface area contributed by atoms with Gasteiger partial charge in [-0.1, -0.05) is 17.7 Å². The van der Waals surface area contributed by atoms with Gasteiger partial charge in [-0.3, -0.25) is 9.59 Å². The molecule has 0 spiro atoms. The van der Waals surface area contributed by atoms with Crippen LogP contribution in [-0.4, -0.2) is 37.0 Å². The van der Waals surface area contributed by atoms with E-state index in [9.17, 15) is 9.59 Å². The Morgan fingerprint density at radius 3 is 2.68 bits per heavy atom. The van der Waals surface area contributed by atoms with Gasteiger partial charge in [0.1, 0.15) is 6.04 Å². The number of hydrogen-bond donors (Lipinski definition) is 2. The molecule has 2 N–H and O–H groups in total. The first kappa shape index (κ1) is 15.0. The van der Waals surface area contributed by atoms with Gasteiger partial charge in [0.2, 0.25) is 11.8 Å². The summed E-state index contributed by atoms with van der Waals surface area (Å²) < 4.78 is 0. The summed E-state index contributed by atoms with van der Waals surface area (Å²) >= 11 is 0. The lowest BCUT2D eigenvalue weighted by Gasteiger charge is -2.33. The summed E-state index contributed by atoms with van der Waals surface area (Å²) in [5, 5.41) is 6.10. The predicted molar refractivity (Wildman–Crippen MR) is 85.7 cm³/mol. The minimum atomic E-state index is -0.398. The number of carbonyl (C=O) groups is 2. The molecule has 2 fully saturated rings. The van der Waals surface area contributed by atoms with Gasteiger partial charge in [-0.25, -0.2) is 0 Å². The zero-order valence-electron chi connectivity index (χ0n) is 13.0. The van der Waals surface area contributed by atoms with Gasteiger partial charge in [0.15, 0.2) is 0 Å². The lowest BCUT2D eigenvalue weighted by Crippen LogP contribution is -2.55. The topological polar surface area (TPSA) is 61.4 Å². The molecule has 2 aliphatic rings. The van der Waals surface area contributed by atoms with Gasteiger partial charge in [0.25, 0.3) is 0 Å². The van der Waals surface area contributed by atoms with Crippen molar-refractivity contribution in [2.45, 2.75) is 44.7 Å². The summed E-state index contributed by atoms with van der Waals surface area (Å²) in [4.78, 5) is 26.6. The van der Waals surface area contributed by atoms with Crippen LogP contribution in [0.2, 0.25) is 0 Å². The summed E-state index contributed by atoms with van der Waals surface area (Å²) in [5.74, 6) is -0.0388. The van der Waals surface area contributed by atoms with Crippen molar-refractivity contribution in [1.29, 1.82) is 0 Å². The maximum absolute atomic E-state index is 12.7. The van der Waals surface area contributed by atoms with E-state index in [0.717, 1.165) is 44.5 Å². The van der Waals surface area contributed by atoms with Crippen molar-refractivity contribution >= 4 is 17.5 Å². The fraction of sp³-hybridized carbons (Fsp3) is 0.529. The van der Waals surface area contributed by atoms with Crippen molar-refractivity contribution in [3.63, 3.8) is 0 Å². The second-order valence-electron chi connectivity index (χ2n) is 6.18. The molecule has 0 aliphatic carbocycles. The van der Waals surface area contributed by atoms with Gasteiger partial charge >= 0.3 is 0 Å². The number of aryl methyl sites for hydroxylation is 1. The zero-order valence-corrected chi connectivity index (χ0v) is 13.0. The molecule has 0 bridgehead atoms. The molecular weight excluding hydrogens is 278 g/mol. The number of hydrogen-bond acceptors (Lipinski definition) is 3. The number of rotatable bonds is 3. The van der Waals surface area contributed by atoms with Crippen molar-refractivity contribution in [3.05, 3.63) is 29.8 Å². The Hall–Kier alpha value is -1.88. The molecule has 0 saturated carbocycles. The molecule has 2 aliphatic heterocycles. The van der Waals surface area contributed by atoms with Crippen LogP contribution in [0.3, 0.4) is 0 Å². The van der Waals surface area contributed by atoms with E-state index in [1.165, 1.54) is 5.56 Å². The number of amides is 2. The van der Waals surface area contributed by atoms with Crippen molar-refractivity contribution in [2.75, 3.05) is 18.0 Å². The molecule has 2 unspecified atom stereocenters. The first-order valence-electron chi connectivity index (χ1n) is 8.07. The van der Waals surface area contributed by atoms with Crippen molar-refractivity contribution in [1.82, 2.24) is 10.6 Å². The third-order valence-corrected chi connectivity index (χ3v) is 4.48. The van der Waals surface area contributed by atoms with Gasteiger partial charge in [-0.15, -0.1) is 0 Å². The molecule has 2 heterocycles. The van der Waals surface area contributed by atoms with Crippen LogP contribution in [0.4, 0.5) is 5.69 Å². The van der Waals surface area contributed by atoms with Crippen molar-refractivity contribution in [3.8, 4) is 0 Å². The second kappa shape index (κ2) is 6.48. The molecular formula is C17H23N3O2. The van der Waals surface area contributed by atoms with Gasteiger partial charge in [0, 0.05) is 12.2 Å². The van der Waals surface area contributed by atoms with E-state index in [-0.39, 0.29) is 17.9 Å². The smallest absolute Gasteiger partial charge is 0.249 e. The van der Waals surface area contributed by atoms with Crippen LogP contribution in [0.1, 0.15) is 31.2 Å². The fourth-order valence-corrected chi connectivity index (χ4v) is 3.17. The summed E-state index contributed by atoms with van der Waals surface area (Å²) in [6.07, 6.45) is 3.50. The minimum Gasteiger partial charge on any atom is -0.343 e. The maximum Gasteiger partial charge on any atom is 0.249 e. The third kappa shape index (κ3) is 3.14. The Morgan fingerprint density at radius 2 is 2.00 bits per heavy atom. The quantitative estimate of drug-likeness (QED) is 0.886. The Labute approximate surface area is 131 Å². The van der Waals surface area contributed by atoms with Crippen LogP contribution in [0.15, 0.2) is 24.3 Å². The van der Waals surface area contributed by atoms with E-state index >= 15 is 0 Å². The number of piperidine rings is 1. The molecule has 2 saturated heterocycles. The first-order chi connectivity index (χ1) is 10.6. The Morgan fingerprint density at radius 1 is 1.23 bits per heavy atom.